The molecule has 160 valence electrons. The summed E-state index contributed by atoms with van der Waals surface area (Å²) in [5.41, 5.74) is 1.24. The average Bonchev–Trinajstić information content (AvgIpc) is 2.72. The highest BCUT2D eigenvalue weighted by Crippen LogP contribution is 2.44. The van der Waals surface area contributed by atoms with Gasteiger partial charge in [-0.25, -0.2) is 4.79 Å². The predicted molar refractivity (Wildman–Crippen MR) is 109 cm³/mol. The standard InChI is InChI=1S/C24H32F2O3/c25-24(26)29-22-15-13-21(14-16-22)20-11-9-19(10-12-20)18-7-5-17(6-8-18)3-1-2-4-23(27)28/h2,4,13-20,24H,1,3,5-12H2,(H,27,28)/b4-2+. The SMILES string of the molecule is O=C(O)/C=C/CCC1CCC(C2CCC(c3ccc(OC(F)F)cc3)CC2)CC1. The third-order valence-electron chi connectivity index (χ3n) is 6.91. The Morgan fingerprint density at radius 3 is 2.14 bits per heavy atom. The van der Waals surface area contributed by atoms with Gasteiger partial charge in [0.25, 0.3) is 0 Å². The number of ether oxygens (including phenoxy) is 1. The van der Waals surface area contributed by atoms with Crippen molar-refractivity contribution in [3.63, 3.8) is 0 Å². The van der Waals surface area contributed by atoms with Crippen LogP contribution in [0.3, 0.4) is 0 Å². The first-order valence-electron chi connectivity index (χ1n) is 11.0. The quantitative estimate of drug-likeness (QED) is 0.484. The van der Waals surface area contributed by atoms with Crippen LogP contribution >= 0.6 is 0 Å². The Balaban J connectivity index is 1.38. The van der Waals surface area contributed by atoms with Crippen molar-refractivity contribution in [3.8, 4) is 5.75 Å². The van der Waals surface area contributed by atoms with Crippen molar-refractivity contribution < 1.29 is 23.4 Å². The van der Waals surface area contributed by atoms with E-state index in [2.05, 4.69) is 4.74 Å². The maximum Gasteiger partial charge on any atom is 0.387 e. The van der Waals surface area contributed by atoms with Gasteiger partial charge in [0.05, 0.1) is 0 Å². The number of allylic oxidation sites excluding steroid dienone is 1. The van der Waals surface area contributed by atoms with Gasteiger partial charge in [0, 0.05) is 6.08 Å². The van der Waals surface area contributed by atoms with Crippen LogP contribution in [0.4, 0.5) is 8.78 Å². The zero-order valence-corrected chi connectivity index (χ0v) is 16.9. The summed E-state index contributed by atoms with van der Waals surface area (Å²) < 4.78 is 29.0. The maximum absolute atomic E-state index is 12.3. The normalized spacial score (nSPS) is 28.0. The molecule has 1 aromatic carbocycles. The Morgan fingerprint density at radius 2 is 1.59 bits per heavy atom. The molecular formula is C24H32F2O3. The second-order valence-electron chi connectivity index (χ2n) is 8.66. The van der Waals surface area contributed by atoms with E-state index in [4.69, 9.17) is 5.11 Å². The number of carboxylic acid groups (broad SMARTS) is 1. The molecule has 2 aliphatic carbocycles. The van der Waals surface area contributed by atoms with Gasteiger partial charge in [-0.05, 0) is 92.7 Å². The predicted octanol–water partition coefficient (Wildman–Crippen LogP) is 6.79. The maximum atomic E-state index is 12.3. The van der Waals surface area contributed by atoms with Gasteiger partial charge < -0.3 is 9.84 Å². The molecule has 0 saturated heterocycles. The number of carboxylic acids is 1. The van der Waals surface area contributed by atoms with Gasteiger partial charge in [-0.1, -0.05) is 31.1 Å². The molecule has 0 aromatic heterocycles. The number of aliphatic carboxylic acids is 1. The highest BCUT2D eigenvalue weighted by molar-refractivity contribution is 5.79. The molecular weight excluding hydrogens is 374 g/mol. The molecule has 0 bridgehead atoms. The lowest BCUT2D eigenvalue weighted by Crippen LogP contribution is -2.25. The highest BCUT2D eigenvalue weighted by Gasteiger charge is 2.31. The molecule has 5 heteroatoms. The van der Waals surface area contributed by atoms with Crippen molar-refractivity contribution in [3.05, 3.63) is 42.0 Å². The molecule has 0 atom stereocenters. The van der Waals surface area contributed by atoms with E-state index in [1.807, 2.05) is 12.1 Å². The molecule has 0 amide bonds. The Morgan fingerprint density at radius 1 is 1.00 bits per heavy atom. The van der Waals surface area contributed by atoms with E-state index in [0.717, 1.165) is 30.6 Å². The number of halogens is 2. The topological polar surface area (TPSA) is 46.5 Å². The van der Waals surface area contributed by atoms with Crippen molar-refractivity contribution in [1.29, 1.82) is 0 Å². The third kappa shape index (κ3) is 6.83. The lowest BCUT2D eigenvalue weighted by atomic mass is 9.68. The van der Waals surface area contributed by atoms with Crippen LogP contribution in [0.15, 0.2) is 36.4 Å². The number of hydrogen-bond donors (Lipinski definition) is 1. The molecule has 1 N–H and O–H groups in total. The summed E-state index contributed by atoms with van der Waals surface area (Å²) in [4.78, 5) is 10.5. The van der Waals surface area contributed by atoms with Crippen LogP contribution in [0.2, 0.25) is 0 Å². The van der Waals surface area contributed by atoms with Crippen LogP contribution in [0, 0.1) is 17.8 Å². The lowest BCUT2D eigenvalue weighted by Gasteiger charge is -2.38. The lowest BCUT2D eigenvalue weighted by molar-refractivity contribution is -0.131. The van der Waals surface area contributed by atoms with E-state index in [9.17, 15) is 13.6 Å². The average molecular weight is 407 g/mol. The van der Waals surface area contributed by atoms with Crippen LogP contribution in [-0.4, -0.2) is 17.7 Å². The van der Waals surface area contributed by atoms with Crippen molar-refractivity contribution >= 4 is 5.97 Å². The summed E-state index contributed by atoms with van der Waals surface area (Å²) in [5.74, 6) is 2.30. The summed E-state index contributed by atoms with van der Waals surface area (Å²) in [7, 11) is 0. The van der Waals surface area contributed by atoms with E-state index in [-0.39, 0.29) is 5.75 Å². The second-order valence-corrected chi connectivity index (χ2v) is 8.66. The fraction of sp³-hybridized carbons (Fsp3) is 0.625. The molecule has 3 rings (SSSR count). The van der Waals surface area contributed by atoms with Crippen molar-refractivity contribution in [2.75, 3.05) is 0 Å². The molecule has 0 unspecified atom stereocenters. The van der Waals surface area contributed by atoms with Crippen molar-refractivity contribution in [2.45, 2.75) is 76.7 Å². The third-order valence-corrected chi connectivity index (χ3v) is 6.91. The molecule has 2 fully saturated rings. The molecule has 0 spiro atoms. The summed E-state index contributed by atoms with van der Waals surface area (Å²) >= 11 is 0. The zero-order chi connectivity index (χ0) is 20.6. The first kappa shape index (κ1) is 21.8. The Kier molecular flexibility index (Phi) is 8.08. The molecule has 0 aliphatic heterocycles. The molecule has 29 heavy (non-hydrogen) atoms. The molecule has 1 aromatic rings. The summed E-state index contributed by atoms with van der Waals surface area (Å²) in [6.07, 6.45) is 15.1. The van der Waals surface area contributed by atoms with Crippen LogP contribution in [0.5, 0.6) is 5.75 Å². The molecule has 0 radical (unpaired) electrons. The first-order chi connectivity index (χ1) is 14.0. The Labute approximate surface area is 172 Å². The van der Waals surface area contributed by atoms with Gasteiger partial charge in [0.15, 0.2) is 0 Å². The second kappa shape index (κ2) is 10.7. The number of hydrogen-bond acceptors (Lipinski definition) is 2. The van der Waals surface area contributed by atoms with E-state index in [1.54, 1.807) is 18.2 Å². The van der Waals surface area contributed by atoms with Crippen LogP contribution in [0.25, 0.3) is 0 Å². The monoisotopic (exact) mass is 406 g/mol. The van der Waals surface area contributed by atoms with E-state index < -0.39 is 12.6 Å². The highest BCUT2D eigenvalue weighted by atomic mass is 19.3. The minimum Gasteiger partial charge on any atom is -0.478 e. The van der Waals surface area contributed by atoms with Gasteiger partial charge in [-0.3, -0.25) is 0 Å². The minimum atomic E-state index is -2.77. The Hall–Kier alpha value is -1.91. The molecule has 3 nitrogen and oxygen atoms in total. The smallest absolute Gasteiger partial charge is 0.387 e. The zero-order valence-electron chi connectivity index (χ0n) is 16.9. The molecule has 2 aliphatic rings. The Bertz CT molecular complexity index is 655. The summed E-state index contributed by atoms with van der Waals surface area (Å²) in [6, 6.07) is 7.18. The fourth-order valence-corrected chi connectivity index (χ4v) is 5.31. The molecule has 2 saturated carbocycles. The number of rotatable bonds is 8. The number of carbonyl (C=O) groups is 1. The summed E-state index contributed by atoms with van der Waals surface area (Å²) in [6.45, 7) is -2.77. The van der Waals surface area contributed by atoms with Crippen LogP contribution < -0.4 is 4.74 Å². The number of alkyl halides is 2. The van der Waals surface area contributed by atoms with E-state index >= 15 is 0 Å². The van der Waals surface area contributed by atoms with Gasteiger partial charge in [-0.2, -0.15) is 8.78 Å². The van der Waals surface area contributed by atoms with Gasteiger partial charge in [-0.15, -0.1) is 0 Å². The van der Waals surface area contributed by atoms with Crippen molar-refractivity contribution in [1.82, 2.24) is 0 Å². The first-order valence-corrected chi connectivity index (χ1v) is 11.0. The number of benzene rings is 1. The van der Waals surface area contributed by atoms with Gasteiger partial charge >= 0.3 is 12.6 Å². The van der Waals surface area contributed by atoms with Gasteiger partial charge in [0.1, 0.15) is 5.75 Å². The summed E-state index contributed by atoms with van der Waals surface area (Å²) in [5, 5.41) is 8.64. The largest absolute Gasteiger partial charge is 0.478 e. The van der Waals surface area contributed by atoms with Crippen LogP contribution in [0.1, 0.15) is 75.7 Å². The van der Waals surface area contributed by atoms with Crippen LogP contribution in [-0.2, 0) is 4.79 Å². The minimum absolute atomic E-state index is 0.229. The van der Waals surface area contributed by atoms with E-state index in [0.29, 0.717) is 5.92 Å². The molecule has 0 heterocycles. The van der Waals surface area contributed by atoms with Crippen molar-refractivity contribution in [2.24, 2.45) is 17.8 Å². The fourth-order valence-electron chi connectivity index (χ4n) is 5.31. The van der Waals surface area contributed by atoms with Gasteiger partial charge in [0.2, 0.25) is 0 Å². The van der Waals surface area contributed by atoms with E-state index in [1.165, 1.54) is 63.0 Å².